The van der Waals surface area contributed by atoms with Crippen molar-refractivity contribution >= 4 is 34.7 Å². The zero-order valence-electron chi connectivity index (χ0n) is 9.53. The van der Waals surface area contributed by atoms with Gasteiger partial charge in [0.05, 0.1) is 6.20 Å². The van der Waals surface area contributed by atoms with Crippen molar-refractivity contribution in [2.45, 2.75) is 6.29 Å². The Labute approximate surface area is 121 Å². The average molecular weight is 320 g/mol. The molecule has 104 valence electrons. The van der Waals surface area contributed by atoms with Crippen LogP contribution >= 0.6 is 23.2 Å². The molecule has 0 saturated heterocycles. The number of nitrogens with one attached hydrogen (secondary N) is 1. The molecule has 0 unspecified atom stereocenters. The molecule has 2 aromatic rings. The lowest BCUT2D eigenvalue weighted by Crippen LogP contribution is -2.25. The fourth-order valence-electron chi connectivity index (χ4n) is 1.60. The molecular weight excluding hydrogens is 315 g/mol. The van der Waals surface area contributed by atoms with Crippen LogP contribution in [0.25, 0.3) is 0 Å². The maximum atomic E-state index is 12.9. The van der Waals surface area contributed by atoms with E-state index in [9.17, 15) is 8.78 Å². The molecule has 0 aliphatic carbocycles. The summed E-state index contributed by atoms with van der Waals surface area (Å²) >= 11 is 11.5. The monoisotopic (exact) mass is 319 g/mol. The molecule has 1 aromatic carbocycles. The highest BCUT2D eigenvalue weighted by Crippen LogP contribution is 2.42. The summed E-state index contributed by atoms with van der Waals surface area (Å²) in [5, 5.41) is 3.06. The van der Waals surface area contributed by atoms with Crippen molar-refractivity contribution in [1.29, 1.82) is 0 Å². The molecule has 0 radical (unpaired) electrons. The Morgan fingerprint density at radius 1 is 1.15 bits per heavy atom. The first kappa shape index (κ1) is 13.1. The van der Waals surface area contributed by atoms with Gasteiger partial charge in [0.15, 0.2) is 17.3 Å². The largest absolute Gasteiger partial charge is 0.586 e. The van der Waals surface area contributed by atoms with Crippen LogP contribution in [-0.2, 0) is 0 Å². The fraction of sp³-hybridized carbons (Fsp3) is 0.0909. The molecule has 2 heterocycles. The summed E-state index contributed by atoms with van der Waals surface area (Å²) in [5.41, 5.74) is 0.432. The molecule has 20 heavy (non-hydrogen) atoms. The average Bonchev–Trinajstić information content (AvgIpc) is 2.67. The second-order valence-electron chi connectivity index (χ2n) is 3.79. The summed E-state index contributed by atoms with van der Waals surface area (Å²) in [6.07, 6.45) is -2.34. The third-order valence-electron chi connectivity index (χ3n) is 2.38. The van der Waals surface area contributed by atoms with Crippen molar-refractivity contribution in [1.82, 2.24) is 9.97 Å². The number of hydrogen-bond donors (Lipinski definition) is 1. The first-order valence-corrected chi connectivity index (χ1v) is 6.03. The molecule has 0 atom stereocenters. The number of benzene rings is 1. The molecule has 0 bridgehead atoms. The Morgan fingerprint density at radius 2 is 1.90 bits per heavy atom. The quantitative estimate of drug-likeness (QED) is 0.852. The van der Waals surface area contributed by atoms with E-state index in [1.807, 2.05) is 0 Å². The van der Waals surface area contributed by atoms with Gasteiger partial charge in [-0.1, -0.05) is 11.6 Å². The van der Waals surface area contributed by atoms with E-state index in [0.717, 1.165) is 0 Å². The predicted octanol–water partition coefficient (Wildman–Crippen LogP) is 3.85. The van der Waals surface area contributed by atoms with Gasteiger partial charge < -0.3 is 14.8 Å². The molecular formula is C11H5Cl2F2N3O2. The van der Waals surface area contributed by atoms with Gasteiger partial charge >= 0.3 is 6.29 Å². The molecule has 1 aromatic heterocycles. The minimum atomic E-state index is -3.66. The van der Waals surface area contributed by atoms with E-state index >= 15 is 0 Å². The van der Waals surface area contributed by atoms with E-state index in [1.165, 1.54) is 24.4 Å². The van der Waals surface area contributed by atoms with E-state index in [1.54, 1.807) is 0 Å². The molecule has 0 saturated carbocycles. The highest BCUT2D eigenvalue weighted by molar-refractivity contribution is 6.33. The summed E-state index contributed by atoms with van der Waals surface area (Å²) in [6, 6.07) is 4.19. The Bertz CT molecular complexity index is 685. The Hall–Kier alpha value is -1.86. The highest BCUT2D eigenvalue weighted by Gasteiger charge is 2.43. The third-order valence-corrected chi connectivity index (χ3v) is 2.84. The van der Waals surface area contributed by atoms with Gasteiger partial charge in [0.1, 0.15) is 5.02 Å². The molecule has 0 fully saturated rings. The first-order chi connectivity index (χ1) is 9.43. The Balaban J connectivity index is 1.88. The van der Waals surface area contributed by atoms with Gasteiger partial charge in [0, 0.05) is 11.8 Å². The molecule has 9 heteroatoms. The van der Waals surface area contributed by atoms with Gasteiger partial charge in [-0.2, -0.15) is 4.98 Å². The van der Waals surface area contributed by atoms with E-state index in [2.05, 4.69) is 24.8 Å². The third kappa shape index (κ3) is 2.54. The van der Waals surface area contributed by atoms with Crippen LogP contribution in [0.4, 0.5) is 20.3 Å². The summed E-state index contributed by atoms with van der Waals surface area (Å²) in [5.74, 6) is 0.112. The molecule has 0 amide bonds. The fourth-order valence-corrected chi connectivity index (χ4v) is 1.87. The van der Waals surface area contributed by atoms with Crippen molar-refractivity contribution < 1.29 is 18.3 Å². The summed E-state index contributed by atoms with van der Waals surface area (Å²) in [4.78, 5) is 7.58. The van der Waals surface area contributed by atoms with Crippen LogP contribution in [0.15, 0.2) is 24.4 Å². The topological polar surface area (TPSA) is 56.3 Å². The van der Waals surface area contributed by atoms with Crippen LogP contribution in [0, 0.1) is 0 Å². The van der Waals surface area contributed by atoms with E-state index in [4.69, 9.17) is 23.2 Å². The Morgan fingerprint density at radius 3 is 2.70 bits per heavy atom. The van der Waals surface area contributed by atoms with Crippen LogP contribution in [-0.4, -0.2) is 16.3 Å². The number of ether oxygens (including phenoxy) is 2. The normalized spacial score (nSPS) is 15.2. The minimum Gasteiger partial charge on any atom is -0.395 e. The van der Waals surface area contributed by atoms with Crippen molar-refractivity contribution in [2.24, 2.45) is 0 Å². The summed E-state index contributed by atoms with van der Waals surface area (Å²) in [7, 11) is 0. The lowest BCUT2D eigenvalue weighted by Gasteiger charge is -2.07. The molecule has 5 nitrogen and oxygen atoms in total. The number of halogens is 4. The van der Waals surface area contributed by atoms with E-state index in [-0.39, 0.29) is 27.6 Å². The molecule has 0 spiro atoms. The van der Waals surface area contributed by atoms with E-state index < -0.39 is 6.29 Å². The highest BCUT2D eigenvalue weighted by atomic mass is 35.5. The number of rotatable bonds is 2. The summed E-state index contributed by atoms with van der Waals surface area (Å²) < 4.78 is 34.4. The number of fused-ring (bicyclic) bond motifs is 1. The van der Waals surface area contributed by atoms with E-state index in [0.29, 0.717) is 5.69 Å². The number of anilines is 2. The molecule has 1 N–H and O–H groups in total. The van der Waals surface area contributed by atoms with Crippen LogP contribution in [0.3, 0.4) is 0 Å². The number of aromatic nitrogens is 2. The van der Waals surface area contributed by atoms with Crippen molar-refractivity contribution in [2.75, 3.05) is 5.32 Å². The maximum absolute atomic E-state index is 12.9. The molecule has 1 aliphatic rings. The second kappa shape index (κ2) is 4.60. The lowest BCUT2D eigenvalue weighted by atomic mass is 10.3. The smallest absolute Gasteiger partial charge is 0.395 e. The Kier molecular flexibility index (Phi) is 3.02. The summed E-state index contributed by atoms with van der Waals surface area (Å²) in [6.45, 7) is 0. The SMILES string of the molecule is FC1(F)Oc2ccc(Nc3nc(Cl)ncc3Cl)cc2O1. The van der Waals surface area contributed by atoms with Crippen molar-refractivity contribution in [3.05, 3.63) is 34.7 Å². The molecule has 1 aliphatic heterocycles. The lowest BCUT2D eigenvalue weighted by molar-refractivity contribution is -0.286. The minimum absolute atomic E-state index is 0.00387. The van der Waals surface area contributed by atoms with Crippen LogP contribution in [0.5, 0.6) is 11.5 Å². The van der Waals surface area contributed by atoms with Gasteiger partial charge in [0.2, 0.25) is 5.28 Å². The standard InChI is InChI=1S/C11H5Cl2F2N3O2/c12-6-4-16-10(13)18-9(6)17-5-1-2-7-8(3-5)20-11(14,15)19-7/h1-4H,(H,16,17,18). The first-order valence-electron chi connectivity index (χ1n) is 5.28. The number of alkyl halides is 2. The van der Waals surface area contributed by atoms with Crippen LogP contribution < -0.4 is 14.8 Å². The van der Waals surface area contributed by atoms with Gasteiger partial charge in [-0.25, -0.2) is 4.98 Å². The molecule has 3 rings (SSSR count). The predicted molar refractivity (Wildman–Crippen MR) is 68.0 cm³/mol. The van der Waals surface area contributed by atoms with Gasteiger partial charge in [-0.05, 0) is 23.7 Å². The van der Waals surface area contributed by atoms with Crippen molar-refractivity contribution in [3.63, 3.8) is 0 Å². The zero-order valence-corrected chi connectivity index (χ0v) is 11.0. The number of hydrogen-bond acceptors (Lipinski definition) is 5. The van der Waals surface area contributed by atoms with Crippen molar-refractivity contribution in [3.8, 4) is 11.5 Å². The van der Waals surface area contributed by atoms with Gasteiger partial charge in [0.25, 0.3) is 0 Å². The van der Waals surface area contributed by atoms with Gasteiger partial charge in [-0.3, -0.25) is 0 Å². The number of nitrogens with zero attached hydrogens (tertiary/aromatic N) is 2. The van der Waals surface area contributed by atoms with Crippen LogP contribution in [0.2, 0.25) is 10.3 Å². The van der Waals surface area contributed by atoms with Crippen LogP contribution in [0.1, 0.15) is 0 Å². The van der Waals surface area contributed by atoms with Gasteiger partial charge in [-0.15, -0.1) is 8.78 Å². The zero-order chi connectivity index (χ0) is 14.3. The second-order valence-corrected chi connectivity index (χ2v) is 4.53. The maximum Gasteiger partial charge on any atom is 0.586 e.